The number of alkyl halides is 6. The zero-order valence-corrected chi connectivity index (χ0v) is 9.13. The summed E-state index contributed by atoms with van der Waals surface area (Å²) in [5.41, 5.74) is -7.39. The van der Waals surface area contributed by atoms with Gasteiger partial charge in [-0.25, -0.2) is 9.59 Å². The Kier molecular flexibility index (Phi) is 3.70. The van der Waals surface area contributed by atoms with Crippen LogP contribution in [0.5, 0.6) is 0 Å². The number of carbonyl (C=O) groups is 2. The molecule has 0 aliphatic rings. The Bertz CT molecular complexity index is 572. The van der Waals surface area contributed by atoms with Gasteiger partial charge in [0.1, 0.15) is 0 Å². The van der Waals surface area contributed by atoms with Gasteiger partial charge in [0.05, 0.1) is 22.3 Å². The van der Waals surface area contributed by atoms with Crippen LogP contribution in [0.15, 0.2) is 12.1 Å². The van der Waals surface area contributed by atoms with E-state index in [2.05, 4.69) is 0 Å². The van der Waals surface area contributed by atoms with Crippen LogP contribution in [0.2, 0.25) is 0 Å². The van der Waals surface area contributed by atoms with Crippen molar-refractivity contribution < 1.29 is 46.1 Å². The summed E-state index contributed by atoms with van der Waals surface area (Å²) in [5.74, 6) is -4.50. The second kappa shape index (κ2) is 4.69. The molecular formula is C10H4F6O4. The van der Waals surface area contributed by atoms with Crippen molar-refractivity contribution in [3.05, 3.63) is 34.4 Å². The summed E-state index contributed by atoms with van der Waals surface area (Å²) in [6.45, 7) is 0. The van der Waals surface area contributed by atoms with Crippen molar-refractivity contribution in [1.82, 2.24) is 0 Å². The highest BCUT2D eigenvalue weighted by Crippen LogP contribution is 2.39. The van der Waals surface area contributed by atoms with Gasteiger partial charge in [-0.1, -0.05) is 0 Å². The quantitative estimate of drug-likeness (QED) is 0.823. The molecule has 1 aromatic carbocycles. The highest BCUT2D eigenvalue weighted by Gasteiger charge is 2.42. The van der Waals surface area contributed by atoms with E-state index in [0.717, 1.165) is 0 Å². The summed E-state index contributed by atoms with van der Waals surface area (Å²) in [6, 6.07) is -0.586. The van der Waals surface area contributed by atoms with Crippen molar-refractivity contribution in [2.24, 2.45) is 0 Å². The third kappa shape index (κ3) is 3.00. The van der Waals surface area contributed by atoms with Crippen LogP contribution in [0.4, 0.5) is 26.3 Å². The molecule has 10 heteroatoms. The van der Waals surface area contributed by atoms with Crippen LogP contribution in [-0.4, -0.2) is 22.2 Å². The SMILES string of the molecule is O=C(O)c1cc(C(F)(F)F)cc(C(F)(F)F)c1C(=O)O. The first-order valence-corrected chi connectivity index (χ1v) is 4.64. The molecule has 2 N–H and O–H groups in total. The average Bonchev–Trinajstić information content (AvgIpc) is 2.24. The minimum absolute atomic E-state index is 0.152. The van der Waals surface area contributed by atoms with E-state index in [-0.39, 0.29) is 6.07 Å². The van der Waals surface area contributed by atoms with Gasteiger partial charge in [0.25, 0.3) is 0 Å². The third-order valence-corrected chi connectivity index (χ3v) is 2.22. The van der Waals surface area contributed by atoms with Crippen LogP contribution in [0.1, 0.15) is 31.8 Å². The third-order valence-electron chi connectivity index (χ3n) is 2.22. The molecular weight excluding hydrogens is 298 g/mol. The average molecular weight is 302 g/mol. The number of carboxylic acid groups (broad SMARTS) is 2. The van der Waals surface area contributed by atoms with Gasteiger partial charge in [-0.15, -0.1) is 0 Å². The summed E-state index contributed by atoms with van der Waals surface area (Å²) >= 11 is 0. The van der Waals surface area contributed by atoms with Crippen molar-refractivity contribution in [3.63, 3.8) is 0 Å². The van der Waals surface area contributed by atoms with Crippen molar-refractivity contribution in [1.29, 1.82) is 0 Å². The number of aromatic carboxylic acids is 2. The first-order chi connectivity index (χ1) is 8.85. The number of hydrogen-bond donors (Lipinski definition) is 2. The van der Waals surface area contributed by atoms with Gasteiger partial charge >= 0.3 is 24.3 Å². The lowest BCUT2D eigenvalue weighted by atomic mass is 9.96. The summed E-state index contributed by atoms with van der Waals surface area (Å²) < 4.78 is 75.1. The second-order valence-corrected chi connectivity index (χ2v) is 3.55. The Labute approximate surface area is 106 Å². The number of rotatable bonds is 2. The van der Waals surface area contributed by atoms with Crippen molar-refractivity contribution in [3.8, 4) is 0 Å². The fraction of sp³-hybridized carbons (Fsp3) is 0.200. The van der Waals surface area contributed by atoms with E-state index in [1.165, 1.54) is 0 Å². The van der Waals surface area contributed by atoms with Crippen LogP contribution >= 0.6 is 0 Å². The van der Waals surface area contributed by atoms with Gasteiger partial charge in [0.15, 0.2) is 0 Å². The van der Waals surface area contributed by atoms with E-state index in [1.807, 2.05) is 0 Å². The topological polar surface area (TPSA) is 74.6 Å². The van der Waals surface area contributed by atoms with E-state index in [1.54, 1.807) is 0 Å². The Morgan fingerprint density at radius 2 is 1.35 bits per heavy atom. The zero-order chi connectivity index (χ0) is 15.9. The largest absolute Gasteiger partial charge is 0.478 e. The predicted octanol–water partition coefficient (Wildman–Crippen LogP) is 3.12. The Morgan fingerprint density at radius 3 is 1.65 bits per heavy atom. The minimum atomic E-state index is -5.45. The second-order valence-electron chi connectivity index (χ2n) is 3.55. The molecule has 20 heavy (non-hydrogen) atoms. The van der Waals surface area contributed by atoms with Gasteiger partial charge in [-0.2, -0.15) is 26.3 Å². The summed E-state index contributed by atoms with van der Waals surface area (Å²) in [5, 5.41) is 17.2. The summed E-state index contributed by atoms with van der Waals surface area (Å²) in [6.07, 6.45) is -10.7. The molecule has 1 rings (SSSR count). The van der Waals surface area contributed by atoms with Gasteiger partial charge in [-0.3, -0.25) is 0 Å². The number of halogens is 6. The molecule has 0 aliphatic heterocycles. The van der Waals surface area contributed by atoms with Crippen molar-refractivity contribution in [2.45, 2.75) is 12.4 Å². The van der Waals surface area contributed by atoms with Gasteiger partial charge in [0, 0.05) is 0 Å². The highest BCUT2D eigenvalue weighted by molar-refractivity contribution is 6.03. The zero-order valence-electron chi connectivity index (χ0n) is 9.13. The molecule has 0 atom stereocenters. The fourth-order valence-electron chi connectivity index (χ4n) is 1.43. The van der Waals surface area contributed by atoms with Crippen molar-refractivity contribution >= 4 is 11.9 Å². The predicted molar refractivity (Wildman–Crippen MR) is 50.4 cm³/mol. The molecule has 0 amide bonds. The molecule has 0 aliphatic carbocycles. The van der Waals surface area contributed by atoms with Crippen LogP contribution in [0.3, 0.4) is 0 Å². The van der Waals surface area contributed by atoms with Crippen LogP contribution in [-0.2, 0) is 12.4 Å². The van der Waals surface area contributed by atoms with Gasteiger partial charge in [0.2, 0.25) is 0 Å². The molecule has 0 fully saturated rings. The molecule has 4 nitrogen and oxygen atoms in total. The maximum atomic E-state index is 12.6. The molecule has 0 saturated carbocycles. The lowest BCUT2D eigenvalue weighted by Crippen LogP contribution is -2.20. The highest BCUT2D eigenvalue weighted by atomic mass is 19.4. The van der Waals surface area contributed by atoms with E-state index in [0.29, 0.717) is 0 Å². The Hall–Kier alpha value is -2.26. The van der Waals surface area contributed by atoms with E-state index < -0.39 is 52.6 Å². The lowest BCUT2D eigenvalue weighted by molar-refractivity contribution is -0.143. The maximum absolute atomic E-state index is 12.6. The molecule has 0 radical (unpaired) electrons. The van der Waals surface area contributed by atoms with E-state index in [4.69, 9.17) is 10.2 Å². The minimum Gasteiger partial charge on any atom is -0.478 e. The summed E-state index contributed by atoms with van der Waals surface area (Å²) in [4.78, 5) is 21.4. The maximum Gasteiger partial charge on any atom is 0.417 e. The molecule has 0 spiro atoms. The Balaban J connectivity index is 3.83. The summed E-state index contributed by atoms with van der Waals surface area (Å²) in [7, 11) is 0. The first-order valence-electron chi connectivity index (χ1n) is 4.64. The lowest BCUT2D eigenvalue weighted by Gasteiger charge is -2.16. The molecule has 0 saturated heterocycles. The standard InChI is InChI=1S/C10H4F6O4/c11-9(12,13)3-1-4(7(17)18)6(8(19)20)5(2-3)10(14,15)16/h1-2H,(H,17,18)(H,19,20). The van der Waals surface area contributed by atoms with Gasteiger partial charge in [-0.05, 0) is 12.1 Å². The van der Waals surface area contributed by atoms with Crippen molar-refractivity contribution in [2.75, 3.05) is 0 Å². The van der Waals surface area contributed by atoms with Gasteiger partial charge < -0.3 is 10.2 Å². The van der Waals surface area contributed by atoms with Crippen LogP contribution in [0, 0.1) is 0 Å². The smallest absolute Gasteiger partial charge is 0.417 e. The molecule has 110 valence electrons. The molecule has 0 heterocycles. The monoisotopic (exact) mass is 302 g/mol. The van der Waals surface area contributed by atoms with E-state index >= 15 is 0 Å². The fourth-order valence-corrected chi connectivity index (χ4v) is 1.43. The first kappa shape index (κ1) is 15.8. The van der Waals surface area contributed by atoms with Crippen LogP contribution < -0.4 is 0 Å². The Morgan fingerprint density at radius 1 is 0.850 bits per heavy atom. The molecule has 0 aromatic heterocycles. The van der Waals surface area contributed by atoms with Crippen LogP contribution in [0.25, 0.3) is 0 Å². The number of carboxylic acids is 2. The molecule has 0 bridgehead atoms. The molecule has 0 unspecified atom stereocenters. The number of benzene rings is 1. The molecule has 1 aromatic rings. The normalized spacial score (nSPS) is 12.3. The van der Waals surface area contributed by atoms with E-state index in [9.17, 15) is 35.9 Å². The number of hydrogen-bond acceptors (Lipinski definition) is 2.